The molecule has 0 bridgehead atoms. The van der Waals surface area contributed by atoms with E-state index in [0.717, 1.165) is 5.56 Å². The summed E-state index contributed by atoms with van der Waals surface area (Å²) in [6.45, 7) is 5.13. The van der Waals surface area contributed by atoms with E-state index < -0.39 is 0 Å². The zero-order valence-electron chi connectivity index (χ0n) is 12.7. The number of carbonyl (C=O) groups is 1. The molecule has 0 spiro atoms. The molecule has 0 saturated heterocycles. The molecular weight excluding hydrogens is 271 g/mol. The Labute approximate surface area is 125 Å². The number of hydrogen-bond donors (Lipinski definition) is 3. The molecule has 0 unspecified atom stereocenters. The first-order valence-corrected chi connectivity index (χ1v) is 6.99. The number of guanidine groups is 1. The second-order valence-corrected chi connectivity index (χ2v) is 4.95. The first-order chi connectivity index (χ1) is 10.0. The minimum Gasteiger partial charge on any atom is -0.355 e. The Hall–Kier alpha value is -2.11. The molecule has 0 radical (unpaired) electrons. The molecule has 0 fully saturated rings. The molecule has 6 heteroatoms. The van der Waals surface area contributed by atoms with Gasteiger partial charge in [0.15, 0.2) is 5.96 Å². The van der Waals surface area contributed by atoms with Gasteiger partial charge in [-0.05, 0) is 31.5 Å². The van der Waals surface area contributed by atoms with Crippen LogP contribution in [0.1, 0.15) is 19.4 Å². The Balaban J connectivity index is 2.23. The summed E-state index contributed by atoms with van der Waals surface area (Å²) in [5.74, 6) is 0.320. The van der Waals surface area contributed by atoms with Gasteiger partial charge in [-0.25, -0.2) is 4.39 Å². The van der Waals surface area contributed by atoms with Crippen LogP contribution < -0.4 is 16.0 Å². The van der Waals surface area contributed by atoms with Crippen LogP contribution in [0, 0.1) is 5.82 Å². The maximum atomic E-state index is 12.7. The van der Waals surface area contributed by atoms with Crippen molar-refractivity contribution < 1.29 is 9.18 Å². The first-order valence-electron chi connectivity index (χ1n) is 6.99. The van der Waals surface area contributed by atoms with Gasteiger partial charge in [0.05, 0.1) is 6.42 Å². The number of rotatable bonds is 6. The maximum Gasteiger partial charge on any atom is 0.224 e. The van der Waals surface area contributed by atoms with Gasteiger partial charge in [-0.3, -0.25) is 9.79 Å². The Morgan fingerprint density at radius 3 is 2.38 bits per heavy atom. The number of aliphatic imine (C=N–C) groups is 1. The highest BCUT2D eigenvalue weighted by molar-refractivity contribution is 5.80. The SMILES string of the molecule is CN=C(NCCNC(=O)Cc1ccc(F)cc1)NC(C)C. The fourth-order valence-electron chi connectivity index (χ4n) is 1.70. The van der Waals surface area contributed by atoms with E-state index in [1.165, 1.54) is 12.1 Å². The number of amides is 1. The Morgan fingerprint density at radius 2 is 1.81 bits per heavy atom. The smallest absolute Gasteiger partial charge is 0.224 e. The van der Waals surface area contributed by atoms with E-state index in [1.54, 1.807) is 19.2 Å². The van der Waals surface area contributed by atoms with Gasteiger partial charge in [0.2, 0.25) is 5.91 Å². The van der Waals surface area contributed by atoms with Crippen molar-refractivity contribution in [3.8, 4) is 0 Å². The van der Waals surface area contributed by atoms with Crippen molar-refractivity contribution in [1.82, 2.24) is 16.0 Å². The van der Waals surface area contributed by atoms with E-state index in [2.05, 4.69) is 20.9 Å². The van der Waals surface area contributed by atoms with Crippen LogP contribution in [0.3, 0.4) is 0 Å². The molecule has 0 atom stereocenters. The minimum absolute atomic E-state index is 0.0878. The summed E-state index contributed by atoms with van der Waals surface area (Å²) in [6.07, 6.45) is 0.249. The van der Waals surface area contributed by atoms with Crippen molar-refractivity contribution in [2.24, 2.45) is 4.99 Å². The second-order valence-electron chi connectivity index (χ2n) is 4.95. The Kier molecular flexibility index (Phi) is 7.21. The van der Waals surface area contributed by atoms with Gasteiger partial charge in [-0.15, -0.1) is 0 Å². The molecule has 1 amide bonds. The van der Waals surface area contributed by atoms with Gasteiger partial charge in [-0.1, -0.05) is 12.1 Å². The molecule has 0 saturated carbocycles. The van der Waals surface area contributed by atoms with Crippen LogP contribution in [-0.4, -0.2) is 38.0 Å². The lowest BCUT2D eigenvalue weighted by atomic mass is 10.1. The fraction of sp³-hybridized carbons (Fsp3) is 0.467. The zero-order chi connectivity index (χ0) is 15.7. The number of carbonyl (C=O) groups excluding carboxylic acids is 1. The van der Waals surface area contributed by atoms with Crippen LogP contribution in [-0.2, 0) is 11.2 Å². The van der Waals surface area contributed by atoms with Crippen molar-refractivity contribution in [3.63, 3.8) is 0 Å². The molecule has 1 aromatic rings. The molecule has 21 heavy (non-hydrogen) atoms. The lowest BCUT2D eigenvalue weighted by molar-refractivity contribution is -0.120. The molecule has 1 rings (SSSR count). The quantitative estimate of drug-likeness (QED) is 0.417. The van der Waals surface area contributed by atoms with E-state index in [1.807, 2.05) is 13.8 Å². The molecule has 0 aliphatic carbocycles. The molecule has 1 aromatic carbocycles. The van der Waals surface area contributed by atoms with Crippen LogP contribution in [0.25, 0.3) is 0 Å². The van der Waals surface area contributed by atoms with E-state index in [-0.39, 0.29) is 18.1 Å². The van der Waals surface area contributed by atoms with Crippen molar-refractivity contribution >= 4 is 11.9 Å². The van der Waals surface area contributed by atoms with Crippen molar-refractivity contribution in [2.75, 3.05) is 20.1 Å². The van der Waals surface area contributed by atoms with Gasteiger partial charge < -0.3 is 16.0 Å². The molecule has 116 valence electrons. The molecular formula is C15H23FN4O. The average Bonchev–Trinajstić information content (AvgIpc) is 2.44. The van der Waals surface area contributed by atoms with Gasteiger partial charge in [-0.2, -0.15) is 0 Å². The predicted octanol–water partition coefficient (Wildman–Crippen LogP) is 1.06. The molecule has 3 N–H and O–H groups in total. The lowest BCUT2D eigenvalue weighted by Gasteiger charge is -2.14. The van der Waals surface area contributed by atoms with Crippen LogP contribution in [0.4, 0.5) is 4.39 Å². The van der Waals surface area contributed by atoms with E-state index >= 15 is 0 Å². The number of nitrogens with zero attached hydrogens (tertiary/aromatic N) is 1. The Morgan fingerprint density at radius 1 is 1.19 bits per heavy atom. The van der Waals surface area contributed by atoms with Crippen LogP contribution >= 0.6 is 0 Å². The van der Waals surface area contributed by atoms with Gasteiger partial charge in [0.25, 0.3) is 0 Å². The lowest BCUT2D eigenvalue weighted by Crippen LogP contribution is -2.44. The van der Waals surface area contributed by atoms with E-state index in [4.69, 9.17) is 0 Å². The first kappa shape index (κ1) is 16.9. The zero-order valence-corrected chi connectivity index (χ0v) is 12.7. The van der Waals surface area contributed by atoms with Gasteiger partial charge in [0.1, 0.15) is 5.82 Å². The maximum absolute atomic E-state index is 12.7. The normalized spacial score (nSPS) is 11.4. The molecule has 0 heterocycles. The van der Waals surface area contributed by atoms with Gasteiger partial charge >= 0.3 is 0 Å². The largest absolute Gasteiger partial charge is 0.355 e. The number of benzene rings is 1. The number of halogens is 1. The summed E-state index contributed by atoms with van der Waals surface area (Å²) < 4.78 is 12.7. The van der Waals surface area contributed by atoms with Crippen LogP contribution in [0.5, 0.6) is 0 Å². The predicted molar refractivity (Wildman–Crippen MR) is 82.7 cm³/mol. The highest BCUT2D eigenvalue weighted by atomic mass is 19.1. The van der Waals surface area contributed by atoms with Crippen molar-refractivity contribution in [1.29, 1.82) is 0 Å². The average molecular weight is 294 g/mol. The summed E-state index contributed by atoms with van der Waals surface area (Å²) in [6, 6.07) is 6.23. The van der Waals surface area contributed by atoms with Crippen LogP contribution in [0.2, 0.25) is 0 Å². The topological polar surface area (TPSA) is 65.5 Å². The van der Waals surface area contributed by atoms with E-state index in [0.29, 0.717) is 25.1 Å². The van der Waals surface area contributed by atoms with Crippen molar-refractivity contribution in [3.05, 3.63) is 35.6 Å². The van der Waals surface area contributed by atoms with Crippen molar-refractivity contribution in [2.45, 2.75) is 26.3 Å². The highest BCUT2D eigenvalue weighted by Crippen LogP contribution is 2.03. The third-order valence-corrected chi connectivity index (χ3v) is 2.67. The monoisotopic (exact) mass is 294 g/mol. The van der Waals surface area contributed by atoms with Gasteiger partial charge in [0, 0.05) is 26.2 Å². The third-order valence-electron chi connectivity index (χ3n) is 2.67. The minimum atomic E-state index is -0.299. The fourth-order valence-corrected chi connectivity index (χ4v) is 1.70. The number of hydrogen-bond acceptors (Lipinski definition) is 2. The van der Waals surface area contributed by atoms with E-state index in [9.17, 15) is 9.18 Å². The summed E-state index contributed by atoms with van der Waals surface area (Å²) >= 11 is 0. The standard InChI is InChI=1S/C15H23FN4O/c1-11(2)20-15(17-3)19-9-8-18-14(21)10-12-4-6-13(16)7-5-12/h4-7,11H,8-10H2,1-3H3,(H,18,21)(H2,17,19,20). The summed E-state index contributed by atoms with van der Waals surface area (Å²) in [5, 5.41) is 9.06. The third kappa shape index (κ3) is 7.29. The molecule has 0 aliphatic rings. The highest BCUT2D eigenvalue weighted by Gasteiger charge is 2.03. The summed E-state index contributed by atoms with van der Waals surface area (Å²) in [5.41, 5.74) is 0.791. The van der Waals surface area contributed by atoms with Crippen LogP contribution in [0.15, 0.2) is 29.3 Å². The molecule has 0 aliphatic heterocycles. The number of nitrogens with one attached hydrogen (secondary N) is 3. The molecule has 0 aromatic heterocycles. The summed E-state index contributed by atoms with van der Waals surface area (Å²) in [4.78, 5) is 15.8. The second kappa shape index (κ2) is 8.94. The summed E-state index contributed by atoms with van der Waals surface area (Å²) in [7, 11) is 1.70. The Bertz CT molecular complexity index is 471. The molecule has 5 nitrogen and oxygen atoms in total.